The maximum Gasteiger partial charge on any atom is 0.416 e. The molecule has 186 valence electrons. The monoisotopic (exact) mass is 505 g/mol. The Morgan fingerprint density at radius 1 is 1.06 bits per heavy atom. The van der Waals surface area contributed by atoms with Gasteiger partial charge >= 0.3 is 12.1 Å². The van der Waals surface area contributed by atoms with Gasteiger partial charge in [-0.3, -0.25) is 9.78 Å². The van der Waals surface area contributed by atoms with Crippen LogP contribution in [0.15, 0.2) is 65.6 Å². The molecule has 9 heteroatoms. The molecule has 5 nitrogen and oxygen atoms in total. The maximum absolute atomic E-state index is 13.7. The number of aromatic nitrogens is 1. The van der Waals surface area contributed by atoms with E-state index in [2.05, 4.69) is 4.98 Å². The zero-order valence-corrected chi connectivity index (χ0v) is 20.4. The van der Waals surface area contributed by atoms with Crippen LogP contribution in [0.5, 0.6) is 5.75 Å². The molecule has 1 aromatic heterocycles. The largest absolute Gasteiger partial charge is 0.426 e. The second-order valence-corrected chi connectivity index (χ2v) is 10.4. The van der Waals surface area contributed by atoms with Gasteiger partial charge in [-0.25, -0.2) is 8.42 Å². The predicted octanol–water partition coefficient (Wildman–Crippen LogP) is 6.71. The second kappa shape index (κ2) is 10.6. The van der Waals surface area contributed by atoms with Gasteiger partial charge in [-0.05, 0) is 61.4 Å². The van der Waals surface area contributed by atoms with Crippen molar-refractivity contribution in [2.45, 2.75) is 56.4 Å². The number of rotatable bonds is 8. The SMILES string of the molecule is CCCCC(c1cccc(-c2ccc(C(F)(F)F)cc2)n1)S(=O)(=O)c1ccc(OC(C)=O)c(C)c1. The molecule has 0 radical (unpaired) electrons. The zero-order valence-electron chi connectivity index (χ0n) is 19.6. The number of nitrogens with zero attached hydrogens (tertiary/aromatic N) is 1. The van der Waals surface area contributed by atoms with E-state index >= 15 is 0 Å². The Bertz CT molecular complexity index is 1300. The Kier molecular flexibility index (Phi) is 8.00. The van der Waals surface area contributed by atoms with Gasteiger partial charge in [0.2, 0.25) is 0 Å². The first-order valence-electron chi connectivity index (χ1n) is 11.1. The number of ether oxygens (including phenoxy) is 1. The van der Waals surface area contributed by atoms with Gasteiger partial charge in [0.05, 0.1) is 21.8 Å². The highest BCUT2D eigenvalue weighted by Gasteiger charge is 2.31. The molecule has 1 unspecified atom stereocenters. The van der Waals surface area contributed by atoms with E-state index in [4.69, 9.17) is 4.74 Å². The number of carbonyl (C=O) groups is 1. The molecular weight excluding hydrogens is 479 g/mol. The number of esters is 1. The summed E-state index contributed by atoms with van der Waals surface area (Å²) in [6.07, 6.45) is -2.71. The molecular formula is C26H26F3NO4S. The molecule has 0 spiro atoms. The first-order chi connectivity index (χ1) is 16.4. The smallest absolute Gasteiger partial charge is 0.416 e. The van der Waals surface area contributed by atoms with Crippen molar-refractivity contribution >= 4 is 15.8 Å². The van der Waals surface area contributed by atoms with E-state index < -0.39 is 32.8 Å². The molecule has 0 fully saturated rings. The average Bonchev–Trinajstić information content (AvgIpc) is 2.80. The van der Waals surface area contributed by atoms with Crippen molar-refractivity contribution in [2.24, 2.45) is 0 Å². The van der Waals surface area contributed by atoms with Gasteiger partial charge < -0.3 is 4.74 Å². The third-order valence-corrected chi connectivity index (χ3v) is 7.67. The minimum atomic E-state index is -4.45. The lowest BCUT2D eigenvalue weighted by Gasteiger charge is -2.19. The van der Waals surface area contributed by atoms with Crippen LogP contribution in [0.1, 0.15) is 55.2 Å². The number of hydrogen-bond donors (Lipinski definition) is 0. The molecule has 0 aliphatic heterocycles. The van der Waals surface area contributed by atoms with Gasteiger partial charge in [-0.1, -0.05) is 38.0 Å². The van der Waals surface area contributed by atoms with Crippen LogP contribution in [0.2, 0.25) is 0 Å². The van der Waals surface area contributed by atoms with Crippen molar-refractivity contribution in [2.75, 3.05) is 0 Å². The van der Waals surface area contributed by atoms with E-state index in [-0.39, 0.29) is 10.6 Å². The number of alkyl halides is 3. The summed E-state index contributed by atoms with van der Waals surface area (Å²) in [5.41, 5.74) is 0.885. The highest BCUT2D eigenvalue weighted by atomic mass is 32.2. The van der Waals surface area contributed by atoms with Gasteiger partial charge in [-0.2, -0.15) is 13.2 Å². The Morgan fingerprint density at radius 2 is 1.74 bits per heavy atom. The van der Waals surface area contributed by atoms with Crippen molar-refractivity contribution in [1.29, 1.82) is 0 Å². The van der Waals surface area contributed by atoms with Crippen molar-refractivity contribution < 1.29 is 31.1 Å². The fourth-order valence-corrected chi connectivity index (χ4v) is 5.56. The number of sulfone groups is 1. The highest BCUT2D eigenvalue weighted by Crippen LogP contribution is 2.36. The van der Waals surface area contributed by atoms with Crippen LogP contribution in [0.25, 0.3) is 11.3 Å². The average molecular weight is 506 g/mol. The van der Waals surface area contributed by atoms with Crippen LogP contribution in [0.4, 0.5) is 13.2 Å². The Balaban J connectivity index is 2.01. The summed E-state index contributed by atoms with van der Waals surface area (Å²) in [5, 5.41) is -0.948. The molecule has 1 atom stereocenters. The summed E-state index contributed by atoms with van der Waals surface area (Å²) in [6, 6.07) is 13.8. The zero-order chi connectivity index (χ0) is 25.8. The summed E-state index contributed by atoms with van der Waals surface area (Å²) in [6.45, 7) is 4.87. The molecule has 0 aliphatic carbocycles. The standard InChI is InChI=1S/C26H26F3NO4S/c1-4-5-9-25(35(32,33)21-14-15-24(17(2)16-21)34-18(3)31)23-8-6-7-22(30-23)19-10-12-20(13-11-19)26(27,28)29/h6-8,10-16,25H,4-5,9H2,1-3H3. The van der Waals surface area contributed by atoms with Crippen molar-refractivity contribution in [1.82, 2.24) is 4.98 Å². The van der Waals surface area contributed by atoms with Gasteiger partial charge in [-0.15, -0.1) is 0 Å². The van der Waals surface area contributed by atoms with E-state index in [0.717, 1.165) is 18.6 Å². The van der Waals surface area contributed by atoms with Crippen LogP contribution in [-0.4, -0.2) is 19.4 Å². The molecule has 0 saturated carbocycles. The highest BCUT2D eigenvalue weighted by molar-refractivity contribution is 7.91. The quantitative estimate of drug-likeness (QED) is 0.251. The summed E-state index contributed by atoms with van der Waals surface area (Å²) in [7, 11) is -3.87. The Hall–Kier alpha value is -3.20. The van der Waals surface area contributed by atoms with Gasteiger partial charge in [0.25, 0.3) is 0 Å². The van der Waals surface area contributed by atoms with Crippen LogP contribution < -0.4 is 4.74 Å². The predicted molar refractivity (Wildman–Crippen MR) is 127 cm³/mol. The minimum absolute atomic E-state index is 0.0775. The normalized spacial score (nSPS) is 12.9. The first kappa shape index (κ1) is 26.4. The number of hydrogen-bond acceptors (Lipinski definition) is 5. The van der Waals surface area contributed by atoms with Crippen LogP contribution in [-0.2, 0) is 20.8 Å². The van der Waals surface area contributed by atoms with Crippen LogP contribution in [0, 0.1) is 6.92 Å². The van der Waals surface area contributed by atoms with Crippen LogP contribution in [0.3, 0.4) is 0 Å². The molecule has 35 heavy (non-hydrogen) atoms. The molecule has 3 rings (SSSR count). The lowest BCUT2D eigenvalue weighted by Crippen LogP contribution is -2.16. The molecule has 1 heterocycles. The molecule has 0 amide bonds. The summed E-state index contributed by atoms with van der Waals surface area (Å²) in [5.74, 6) is -0.224. The van der Waals surface area contributed by atoms with Gasteiger partial charge in [0.15, 0.2) is 9.84 Å². The number of pyridine rings is 1. The molecule has 3 aromatic rings. The fourth-order valence-electron chi connectivity index (χ4n) is 3.71. The summed E-state index contributed by atoms with van der Waals surface area (Å²) >= 11 is 0. The van der Waals surface area contributed by atoms with Crippen molar-refractivity contribution in [3.05, 3.63) is 77.5 Å². The molecule has 2 aromatic carbocycles. The van der Waals surface area contributed by atoms with E-state index in [0.29, 0.717) is 35.4 Å². The van der Waals surface area contributed by atoms with E-state index in [1.807, 2.05) is 6.92 Å². The van der Waals surface area contributed by atoms with Gasteiger partial charge in [0, 0.05) is 12.5 Å². The van der Waals surface area contributed by atoms with E-state index in [1.165, 1.54) is 37.3 Å². The number of carbonyl (C=O) groups excluding carboxylic acids is 1. The van der Waals surface area contributed by atoms with Crippen molar-refractivity contribution in [3.63, 3.8) is 0 Å². The minimum Gasteiger partial charge on any atom is -0.426 e. The number of unbranched alkanes of at least 4 members (excludes halogenated alkanes) is 1. The first-order valence-corrected chi connectivity index (χ1v) is 12.7. The molecule has 0 saturated heterocycles. The topological polar surface area (TPSA) is 73.3 Å². The number of halogens is 3. The summed E-state index contributed by atoms with van der Waals surface area (Å²) in [4.78, 5) is 15.9. The van der Waals surface area contributed by atoms with Gasteiger partial charge in [0.1, 0.15) is 11.0 Å². The molecule has 0 bridgehead atoms. The van der Waals surface area contributed by atoms with Crippen LogP contribution >= 0.6 is 0 Å². The fraction of sp³-hybridized carbons (Fsp3) is 0.308. The third-order valence-electron chi connectivity index (χ3n) is 5.53. The lowest BCUT2D eigenvalue weighted by molar-refractivity contribution is -0.137. The molecule has 0 aliphatic rings. The van der Waals surface area contributed by atoms with Crippen molar-refractivity contribution in [3.8, 4) is 17.0 Å². The summed E-state index contributed by atoms with van der Waals surface area (Å²) < 4.78 is 71.1. The third kappa shape index (κ3) is 6.28. The molecule has 0 N–H and O–H groups in total. The Morgan fingerprint density at radius 3 is 2.31 bits per heavy atom. The van der Waals surface area contributed by atoms with E-state index in [9.17, 15) is 26.4 Å². The lowest BCUT2D eigenvalue weighted by atomic mass is 10.1. The second-order valence-electron chi connectivity index (χ2n) is 8.22. The number of aryl methyl sites for hydroxylation is 1. The maximum atomic E-state index is 13.7. The Labute approximate surface area is 202 Å². The van der Waals surface area contributed by atoms with E-state index in [1.54, 1.807) is 25.1 Å². The number of benzene rings is 2.